The molecule has 28 heavy (non-hydrogen) atoms. The zero-order chi connectivity index (χ0) is 20.2. The van der Waals surface area contributed by atoms with Gasteiger partial charge in [0.05, 0.1) is 0 Å². The van der Waals surface area contributed by atoms with E-state index in [2.05, 4.69) is 10.3 Å². The molecule has 0 bridgehead atoms. The smallest absolute Gasteiger partial charge is 0.306 e. The lowest BCUT2D eigenvalue weighted by molar-refractivity contribution is -0.157. The quantitative estimate of drug-likeness (QED) is 0.236. The molecule has 0 spiro atoms. The van der Waals surface area contributed by atoms with Gasteiger partial charge in [-0.05, 0) is 35.8 Å². The molecule has 0 aliphatic heterocycles. The minimum atomic E-state index is -1.18. The number of amides is 1. The standard InChI is InChI=1S/C19H24N2O5S2/c22-14-8-9-15(23)19(14)26-18(25)7-2-1-4-11-20-16(24)10-13-27-28-17-6-3-5-12-21-17/h3,5-6,12,19H,1-2,4,7-11,13H2,(H,20,24). The van der Waals surface area contributed by atoms with E-state index in [0.29, 0.717) is 25.1 Å². The molecular weight excluding hydrogens is 400 g/mol. The molecule has 0 radical (unpaired) electrons. The Labute approximate surface area is 172 Å². The van der Waals surface area contributed by atoms with Crippen molar-refractivity contribution in [2.24, 2.45) is 0 Å². The van der Waals surface area contributed by atoms with Crippen molar-refractivity contribution in [3.63, 3.8) is 0 Å². The summed E-state index contributed by atoms with van der Waals surface area (Å²) >= 11 is 0. The van der Waals surface area contributed by atoms with E-state index in [1.54, 1.807) is 27.8 Å². The van der Waals surface area contributed by atoms with Gasteiger partial charge in [0, 0.05) is 44.2 Å². The Morgan fingerprint density at radius 1 is 1.11 bits per heavy atom. The van der Waals surface area contributed by atoms with Crippen LogP contribution in [0.2, 0.25) is 0 Å². The number of esters is 1. The number of ketones is 2. The lowest BCUT2D eigenvalue weighted by Crippen LogP contribution is -2.28. The predicted molar refractivity (Wildman–Crippen MR) is 108 cm³/mol. The largest absolute Gasteiger partial charge is 0.446 e. The number of ether oxygens (including phenoxy) is 1. The van der Waals surface area contributed by atoms with Crippen molar-refractivity contribution < 1.29 is 23.9 Å². The molecule has 7 nitrogen and oxygen atoms in total. The number of pyridine rings is 1. The number of hydrogen-bond donors (Lipinski definition) is 1. The molecule has 0 aromatic carbocycles. The molecule has 1 fully saturated rings. The Morgan fingerprint density at radius 3 is 2.61 bits per heavy atom. The fraction of sp³-hybridized carbons (Fsp3) is 0.526. The minimum absolute atomic E-state index is 0.00629. The van der Waals surface area contributed by atoms with Crippen LogP contribution in [-0.4, -0.2) is 46.8 Å². The fourth-order valence-corrected chi connectivity index (χ4v) is 4.40. The molecule has 2 rings (SSSR count). The number of unbranched alkanes of at least 4 members (excludes halogenated alkanes) is 2. The maximum absolute atomic E-state index is 11.8. The molecule has 0 atom stereocenters. The first-order valence-corrected chi connectivity index (χ1v) is 11.6. The summed E-state index contributed by atoms with van der Waals surface area (Å²) in [6.45, 7) is 0.561. The number of carbonyl (C=O) groups excluding carboxylic acids is 4. The Balaban J connectivity index is 1.43. The van der Waals surface area contributed by atoms with Crippen molar-refractivity contribution in [3.05, 3.63) is 24.4 Å². The Hall–Kier alpha value is -1.87. The molecule has 1 aromatic rings. The third-order valence-corrected chi connectivity index (χ3v) is 6.29. The summed E-state index contributed by atoms with van der Waals surface area (Å²) in [5, 5.41) is 3.78. The fourth-order valence-electron chi connectivity index (χ4n) is 2.53. The molecule has 0 unspecified atom stereocenters. The van der Waals surface area contributed by atoms with Crippen LogP contribution in [0, 0.1) is 0 Å². The van der Waals surface area contributed by atoms with E-state index < -0.39 is 12.1 Å². The van der Waals surface area contributed by atoms with Crippen LogP contribution in [0.5, 0.6) is 0 Å². The van der Waals surface area contributed by atoms with Crippen molar-refractivity contribution in [3.8, 4) is 0 Å². The van der Waals surface area contributed by atoms with Crippen molar-refractivity contribution >= 4 is 45.0 Å². The summed E-state index contributed by atoms with van der Waals surface area (Å²) in [6.07, 6.45) is 3.62. The van der Waals surface area contributed by atoms with Gasteiger partial charge in [-0.1, -0.05) is 23.3 Å². The average molecular weight is 425 g/mol. The zero-order valence-corrected chi connectivity index (χ0v) is 17.2. The van der Waals surface area contributed by atoms with Gasteiger partial charge < -0.3 is 10.1 Å². The molecule has 1 saturated carbocycles. The van der Waals surface area contributed by atoms with Crippen molar-refractivity contribution in [1.82, 2.24) is 10.3 Å². The number of nitrogens with zero attached hydrogens (tertiary/aromatic N) is 1. The van der Waals surface area contributed by atoms with Gasteiger partial charge in [-0.25, -0.2) is 4.98 Å². The number of nitrogens with one attached hydrogen (secondary N) is 1. The summed E-state index contributed by atoms with van der Waals surface area (Å²) in [7, 11) is 3.14. The lowest BCUT2D eigenvalue weighted by atomic mass is 10.2. The maximum atomic E-state index is 11.8. The van der Waals surface area contributed by atoms with Crippen molar-refractivity contribution in [2.75, 3.05) is 12.3 Å². The maximum Gasteiger partial charge on any atom is 0.306 e. The molecule has 1 heterocycles. The lowest BCUT2D eigenvalue weighted by Gasteiger charge is -2.09. The number of Topliss-reactive ketones (excluding diaryl/α,β-unsaturated/α-hetero) is 2. The third-order valence-electron chi connectivity index (χ3n) is 4.03. The number of hydrogen-bond acceptors (Lipinski definition) is 8. The van der Waals surface area contributed by atoms with Crippen LogP contribution < -0.4 is 5.32 Å². The van der Waals surface area contributed by atoms with Gasteiger partial charge in [0.25, 0.3) is 0 Å². The van der Waals surface area contributed by atoms with Crippen LogP contribution in [-0.2, 0) is 23.9 Å². The van der Waals surface area contributed by atoms with Crippen LogP contribution in [0.1, 0.15) is 44.9 Å². The Morgan fingerprint density at radius 2 is 1.89 bits per heavy atom. The van der Waals surface area contributed by atoms with E-state index >= 15 is 0 Å². The molecule has 1 N–H and O–H groups in total. The SMILES string of the molecule is O=C(CCSSc1ccccn1)NCCCCCC(=O)OC1C(=O)CCC1=O. The zero-order valence-electron chi connectivity index (χ0n) is 15.6. The van der Waals surface area contributed by atoms with Gasteiger partial charge in [0.1, 0.15) is 5.03 Å². The van der Waals surface area contributed by atoms with Crippen LogP contribution in [0.25, 0.3) is 0 Å². The number of aromatic nitrogens is 1. The second-order valence-corrected chi connectivity index (χ2v) is 8.72. The number of rotatable bonds is 12. The highest BCUT2D eigenvalue weighted by Crippen LogP contribution is 2.29. The van der Waals surface area contributed by atoms with Crippen molar-refractivity contribution in [1.29, 1.82) is 0 Å². The predicted octanol–water partition coefficient (Wildman–Crippen LogP) is 2.73. The highest BCUT2D eigenvalue weighted by Gasteiger charge is 2.35. The molecule has 9 heteroatoms. The summed E-state index contributed by atoms with van der Waals surface area (Å²) < 4.78 is 4.95. The van der Waals surface area contributed by atoms with Gasteiger partial charge in [-0.15, -0.1) is 0 Å². The molecule has 152 valence electrons. The summed E-state index contributed by atoms with van der Waals surface area (Å²) in [5.41, 5.74) is 0. The highest BCUT2D eigenvalue weighted by molar-refractivity contribution is 8.76. The Kier molecular flexibility index (Phi) is 10.1. The van der Waals surface area contributed by atoms with Gasteiger partial charge in [0.2, 0.25) is 12.0 Å². The van der Waals surface area contributed by atoms with E-state index in [1.807, 2.05) is 18.2 Å². The van der Waals surface area contributed by atoms with Crippen LogP contribution in [0.4, 0.5) is 0 Å². The molecular formula is C19H24N2O5S2. The monoisotopic (exact) mass is 424 g/mol. The van der Waals surface area contributed by atoms with Crippen LogP contribution >= 0.6 is 21.6 Å². The highest BCUT2D eigenvalue weighted by atomic mass is 33.1. The van der Waals surface area contributed by atoms with E-state index in [4.69, 9.17) is 4.74 Å². The van der Waals surface area contributed by atoms with E-state index in [9.17, 15) is 19.2 Å². The summed E-state index contributed by atoms with van der Waals surface area (Å²) in [6, 6.07) is 5.72. The van der Waals surface area contributed by atoms with Gasteiger partial charge >= 0.3 is 5.97 Å². The molecule has 1 aliphatic rings. The number of carbonyl (C=O) groups is 4. The van der Waals surface area contributed by atoms with Crippen LogP contribution in [0.15, 0.2) is 29.4 Å². The second-order valence-electron chi connectivity index (χ2n) is 6.29. The minimum Gasteiger partial charge on any atom is -0.446 e. The van der Waals surface area contributed by atoms with Gasteiger partial charge in [-0.3, -0.25) is 19.2 Å². The van der Waals surface area contributed by atoms with Gasteiger partial charge in [0.15, 0.2) is 11.6 Å². The third kappa shape index (κ3) is 8.43. The van der Waals surface area contributed by atoms with E-state index in [0.717, 1.165) is 17.9 Å². The molecule has 1 amide bonds. The topological polar surface area (TPSA) is 102 Å². The molecule has 0 saturated heterocycles. The normalized spacial score (nSPS) is 14.3. The average Bonchev–Trinajstić information content (AvgIpc) is 3.00. The van der Waals surface area contributed by atoms with E-state index in [1.165, 1.54) is 0 Å². The first-order valence-electron chi connectivity index (χ1n) is 9.28. The van der Waals surface area contributed by atoms with Crippen LogP contribution in [0.3, 0.4) is 0 Å². The first kappa shape index (κ1) is 22.4. The Bertz CT molecular complexity index is 668. The first-order chi connectivity index (χ1) is 13.6. The van der Waals surface area contributed by atoms with Gasteiger partial charge in [-0.2, -0.15) is 0 Å². The summed E-state index contributed by atoms with van der Waals surface area (Å²) in [5.74, 6) is -0.417. The summed E-state index contributed by atoms with van der Waals surface area (Å²) in [4.78, 5) is 50.5. The van der Waals surface area contributed by atoms with E-state index in [-0.39, 0.29) is 36.7 Å². The second kappa shape index (κ2) is 12.6. The molecule has 1 aliphatic carbocycles. The van der Waals surface area contributed by atoms with Crippen molar-refractivity contribution in [2.45, 2.75) is 56.1 Å². The molecule has 1 aromatic heterocycles.